The van der Waals surface area contributed by atoms with Crippen LogP contribution in [0.1, 0.15) is 50.4 Å². The predicted molar refractivity (Wildman–Crippen MR) is 90.0 cm³/mol. The number of Topliss-reactive ketones (excluding diaryl/α,β-unsaturated/α-hetero) is 1. The molecule has 1 aliphatic rings. The number of carbonyl (C=O) groups is 2. The molecule has 0 bridgehead atoms. The largest absolute Gasteiger partial charge is 0.380 e. The van der Waals surface area contributed by atoms with E-state index in [4.69, 9.17) is 0 Å². The minimum Gasteiger partial charge on any atom is -0.380 e. The molecule has 4 nitrogen and oxygen atoms in total. The molecule has 3 atom stereocenters. The highest BCUT2D eigenvalue weighted by Crippen LogP contribution is 2.41. The zero-order valence-electron chi connectivity index (χ0n) is 14.8. The Hall–Kier alpha value is -1.82. The summed E-state index contributed by atoms with van der Waals surface area (Å²) in [5.74, 6) is -2.77. The molecule has 25 heavy (non-hydrogen) atoms. The summed E-state index contributed by atoms with van der Waals surface area (Å²) in [6.07, 6.45) is 2.02. The molecule has 1 aromatic rings. The number of halogens is 2. The molecule has 0 radical (unpaired) electrons. The maximum atomic E-state index is 13.2. The number of benzene rings is 1. The fourth-order valence-corrected chi connectivity index (χ4v) is 3.76. The second kappa shape index (κ2) is 7.60. The summed E-state index contributed by atoms with van der Waals surface area (Å²) in [6, 6.07) is 2.52. The van der Waals surface area contributed by atoms with Crippen molar-refractivity contribution in [1.29, 1.82) is 0 Å². The molecule has 0 saturated heterocycles. The third-order valence-electron chi connectivity index (χ3n) is 5.04. The van der Waals surface area contributed by atoms with Gasteiger partial charge < -0.3 is 10.4 Å². The summed E-state index contributed by atoms with van der Waals surface area (Å²) in [4.78, 5) is 24.7. The van der Waals surface area contributed by atoms with E-state index in [-0.39, 0.29) is 23.3 Å². The number of ketones is 1. The molecular weight excluding hydrogens is 328 g/mol. The summed E-state index contributed by atoms with van der Waals surface area (Å²) in [6.45, 7) is 5.48. The van der Waals surface area contributed by atoms with E-state index in [2.05, 4.69) is 5.32 Å². The van der Waals surface area contributed by atoms with Gasteiger partial charge in [0.05, 0.1) is 6.54 Å². The summed E-state index contributed by atoms with van der Waals surface area (Å²) in [5.41, 5.74) is -1.68. The van der Waals surface area contributed by atoms with Crippen LogP contribution >= 0.6 is 0 Å². The van der Waals surface area contributed by atoms with Crippen molar-refractivity contribution in [2.45, 2.75) is 45.6 Å². The Kier molecular flexibility index (Phi) is 5.93. The highest BCUT2D eigenvalue weighted by Gasteiger charge is 2.48. The number of carbonyl (C=O) groups excluding carboxylic acids is 2. The van der Waals surface area contributed by atoms with Gasteiger partial charge >= 0.3 is 0 Å². The van der Waals surface area contributed by atoms with Crippen LogP contribution in [-0.4, -0.2) is 28.9 Å². The topological polar surface area (TPSA) is 66.4 Å². The van der Waals surface area contributed by atoms with Gasteiger partial charge in [-0.15, -0.1) is 0 Å². The Labute approximate surface area is 146 Å². The molecule has 2 rings (SSSR count). The van der Waals surface area contributed by atoms with Gasteiger partial charge in [0.25, 0.3) is 5.91 Å². The molecular formula is C19H25F2NO3. The van der Waals surface area contributed by atoms with Crippen LogP contribution in [0.3, 0.4) is 0 Å². The van der Waals surface area contributed by atoms with Gasteiger partial charge in [-0.25, -0.2) is 8.78 Å². The van der Waals surface area contributed by atoms with Crippen molar-refractivity contribution in [3.63, 3.8) is 0 Å². The molecule has 0 unspecified atom stereocenters. The molecule has 1 saturated carbocycles. The van der Waals surface area contributed by atoms with Gasteiger partial charge in [-0.05, 0) is 42.7 Å². The summed E-state index contributed by atoms with van der Waals surface area (Å²) < 4.78 is 26.4. The first-order chi connectivity index (χ1) is 11.6. The van der Waals surface area contributed by atoms with Crippen molar-refractivity contribution >= 4 is 11.7 Å². The van der Waals surface area contributed by atoms with Gasteiger partial charge in [0.15, 0.2) is 5.78 Å². The normalized spacial score (nSPS) is 26.5. The van der Waals surface area contributed by atoms with E-state index >= 15 is 0 Å². The van der Waals surface area contributed by atoms with Crippen LogP contribution in [0.2, 0.25) is 0 Å². The predicted octanol–water partition coefficient (Wildman–Crippen LogP) is 3.09. The Balaban J connectivity index is 2.08. The Morgan fingerprint density at radius 3 is 2.40 bits per heavy atom. The average Bonchev–Trinajstić information content (AvgIpc) is 2.50. The lowest BCUT2D eigenvalue weighted by atomic mass is 9.66. The Morgan fingerprint density at radius 2 is 1.84 bits per heavy atom. The lowest BCUT2D eigenvalue weighted by molar-refractivity contribution is -0.155. The zero-order valence-corrected chi connectivity index (χ0v) is 14.8. The molecule has 0 spiro atoms. The summed E-state index contributed by atoms with van der Waals surface area (Å²) in [5, 5.41) is 13.4. The smallest absolute Gasteiger partial charge is 0.252 e. The number of amides is 1. The van der Waals surface area contributed by atoms with Gasteiger partial charge in [0, 0.05) is 11.6 Å². The van der Waals surface area contributed by atoms with Crippen molar-refractivity contribution < 1.29 is 23.5 Å². The van der Waals surface area contributed by atoms with Crippen LogP contribution in [0, 0.1) is 29.4 Å². The van der Waals surface area contributed by atoms with Crippen LogP contribution in [0.15, 0.2) is 18.2 Å². The molecule has 1 aliphatic carbocycles. The van der Waals surface area contributed by atoms with Crippen LogP contribution in [0.4, 0.5) is 8.78 Å². The fourth-order valence-electron chi connectivity index (χ4n) is 3.76. The van der Waals surface area contributed by atoms with Crippen LogP contribution < -0.4 is 5.32 Å². The number of aliphatic hydroxyl groups is 1. The summed E-state index contributed by atoms with van der Waals surface area (Å²) in [7, 11) is 0. The maximum absolute atomic E-state index is 13.2. The standard InChI is InChI=1S/C19H25F2NO3/c1-11(2)16-5-4-12(3)9-19(16,25)18(24)22-10-17(23)13-6-14(20)8-15(21)7-13/h6-8,11-12,16,25H,4-5,9-10H2,1-3H3,(H,22,24)/t12-,16+,19+/m1/s1. The molecule has 1 aromatic carbocycles. The monoisotopic (exact) mass is 353 g/mol. The number of nitrogens with one attached hydrogen (secondary N) is 1. The SMILES string of the molecule is CC(C)[C@@H]1CC[C@@H](C)C[C@@]1(O)C(=O)NCC(=O)c1cc(F)cc(F)c1. The van der Waals surface area contributed by atoms with Gasteiger partial charge in [0.1, 0.15) is 17.2 Å². The maximum Gasteiger partial charge on any atom is 0.252 e. The van der Waals surface area contributed by atoms with E-state index in [1.807, 2.05) is 20.8 Å². The van der Waals surface area contributed by atoms with Crippen molar-refractivity contribution in [2.24, 2.45) is 17.8 Å². The van der Waals surface area contributed by atoms with Crippen LogP contribution in [-0.2, 0) is 4.79 Å². The number of hydrogen-bond donors (Lipinski definition) is 2. The second-order valence-electron chi connectivity index (χ2n) is 7.43. The molecule has 0 heterocycles. The first-order valence-corrected chi connectivity index (χ1v) is 8.63. The molecule has 6 heteroatoms. The third kappa shape index (κ3) is 4.42. The quantitative estimate of drug-likeness (QED) is 0.800. The van der Waals surface area contributed by atoms with Crippen LogP contribution in [0.25, 0.3) is 0 Å². The second-order valence-corrected chi connectivity index (χ2v) is 7.43. The minimum atomic E-state index is -1.53. The van der Waals surface area contributed by atoms with Crippen molar-refractivity contribution in [1.82, 2.24) is 5.32 Å². The Bertz CT molecular complexity index is 642. The average molecular weight is 353 g/mol. The molecule has 138 valence electrons. The van der Waals surface area contributed by atoms with Crippen molar-refractivity contribution in [3.8, 4) is 0 Å². The van der Waals surface area contributed by atoms with Crippen molar-refractivity contribution in [2.75, 3.05) is 6.54 Å². The van der Waals surface area contributed by atoms with Crippen LogP contribution in [0.5, 0.6) is 0 Å². The van der Waals surface area contributed by atoms with Crippen molar-refractivity contribution in [3.05, 3.63) is 35.4 Å². The minimum absolute atomic E-state index is 0.122. The third-order valence-corrected chi connectivity index (χ3v) is 5.04. The number of hydrogen-bond acceptors (Lipinski definition) is 3. The molecule has 1 fully saturated rings. The molecule has 1 amide bonds. The van der Waals surface area contributed by atoms with E-state index in [0.717, 1.165) is 25.0 Å². The fraction of sp³-hybridized carbons (Fsp3) is 0.579. The molecule has 0 aromatic heterocycles. The van der Waals surface area contributed by atoms with E-state index in [1.165, 1.54) is 0 Å². The first kappa shape index (κ1) is 19.5. The molecule has 2 N–H and O–H groups in total. The van der Waals surface area contributed by atoms with E-state index in [1.54, 1.807) is 0 Å². The highest BCUT2D eigenvalue weighted by atomic mass is 19.1. The highest BCUT2D eigenvalue weighted by molar-refractivity contribution is 6.00. The van der Waals surface area contributed by atoms with Gasteiger partial charge in [-0.1, -0.05) is 27.2 Å². The van der Waals surface area contributed by atoms with E-state index in [0.29, 0.717) is 12.5 Å². The van der Waals surface area contributed by atoms with Gasteiger partial charge in [-0.3, -0.25) is 9.59 Å². The zero-order chi connectivity index (χ0) is 18.8. The molecule has 0 aliphatic heterocycles. The number of rotatable bonds is 5. The Morgan fingerprint density at radius 1 is 1.24 bits per heavy atom. The first-order valence-electron chi connectivity index (χ1n) is 8.63. The van der Waals surface area contributed by atoms with E-state index in [9.17, 15) is 23.5 Å². The van der Waals surface area contributed by atoms with Gasteiger partial charge in [-0.2, -0.15) is 0 Å². The summed E-state index contributed by atoms with van der Waals surface area (Å²) >= 11 is 0. The van der Waals surface area contributed by atoms with Gasteiger partial charge in [0.2, 0.25) is 0 Å². The van der Waals surface area contributed by atoms with E-state index < -0.39 is 35.5 Å². The lowest BCUT2D eigenvalue weighted by Gasteiger charge is -2.43. The lowest BCUT2D eigenvalue weighted by Crippen LogP contribution is -2.56.